The molecule has 1 aromatic heterocycles. The third kappa shape index (κ3) is 3.77. The molecule has 0 aliphatic rings. The zero-order valence-corrected chi connectivity index (χ0v) is 14.7. The number of aliphatic hydroxyl groups is 1. The summed E-state index contributed by atoms with van der Waals surface area (Å²) in [5.74, 6) is 0.754. The molecule has 2 atom stereocenters. The Balaban J connectivity index is 2.34. The zero-order valence-electron chi connectivity index (χ0n) is 13.9. The van der Waals surface area contributed by atoms with Crippen LogP contribution in [0.1, 0.15) is 54.7 Å². The van der Waals surface area contributed by atoms with Crippen LogP contribution in [0.5, 0.6) is 5.75 Å². The number of nitrogens with zero attached hydrogens (tertiary/aromatic N) is 1. The Labute approximate surface area is 142 Å². The van der Waals surface area contributed by atoms with Crippen LogP contribution in [0.15, 0.2) is 24.4 Å². The van der Waals surface area contributed by atoms with Gasteiger partial charge in [0.15, 0.2) is 11.6 Å². The molecule has 0 aliphatic carbocycles. The predicted molar refractivity (Wildman–Crippen MR) is 93.9 cm³/mol. The van der Waals surface area contributed by atoms with Gasteiger partial charge in [-0.25, -0.2) is 4.98 Å². The van der Waals surface area contributed by atoms with Crippen LogP contribution in [0.25, 0.3) is 0 Å². The molecule has 1 heterocycles. The fraction of sp³-hybridized carbons (Fsp3) is 0.389. The van der Waals surface area contributed by atoms with Crippen LogP contribution in [0.4, 0.5) is 5.82 Å². The maximum Gasteiger partial charge on any atom is 0.166 e. The van der Waals surface area contributed by atoms with E-state index < -0.39 is 6.10 Å². The summed E-state index contributed by atoms with van der Waals surface area (Å²) in [5.41, 5.74) is 9.60. The van der Waals surface area contributed by atoms with Crippen LogP contribution in [0.3, 0.4) is 0 Å². The lowest BCUT2D eigenvalue weighted by Crippen LogP contribution is -2.09. The molecular formula is C18H23ClN2O2. The summed E-state index contributed by atoms with van der Waals surface area (Å²) in [6.45, 7) is 7.79. The Bertz CT molecular complexity index is 704. The van der Waals surface area contributed by atoms with Gasteiger partial charge < -0.3 is 15.6 Å². The van der Waals surface area contributed by atoms with Crippen molar-refractivity contribution in [1.29, 1.82) is 0 Å². The van der Waals surface area contributed by atoms with E-state index in [1.165, 1.54) is 0 Å². The normalized spacial score (nSPS) is 13.7. The average molecular weight is 335 g/mol. The first kappa shape index (κ1) is 17.6. The molecule has 3 N–H and O–H groups in total. The molecule has 0 fully saturated rings. The number of nitrogens with two attached hydrogens (primary N) is 1. The first-order valence-electron chi connectivity index (χ1n) is 7.70. The highest BCUT2D eigenvalue weighted by molar-refractivity contribution is 6.32. The van der Waals surface area contributed by atoms with Gasteiger partial charge in [-0.3, -0.25) is 0 Å². The second kappa shape index (κ2) is 7.20. The number of hydrogen-bond acceptors (Lipinski definition) is 4. The van der Waals surface area contributed by atoms with Crippen molar-refractivity contribution >= 4 is 17.4 Å². The highest BCUT2D eigenvalue weighted by atomic mass is 35.5. The van der Waals surface area contributed by atoms with Crippen LogP contribution < -0.4 is 10.5 Å². The highest BCUT2D eigenvalue weighted by Crippen LogP contribution is 2.34. The fourth-order valence-corrected chi connectivity index (χ4v) is 2.90. The van der Waals surface area contributed by atoms with E-state index in [-0.39, 0.29) is 6.10 Å². The summed E-state index contributed by atoms with van der Waals surface area (Å²) in [6, 6.07) is 5.75. The SMILES string of the molecule is CCC(O)c1cnc(N)c(OC(C)c2c(C)ccc(C)c2Cl)c1. The minimum Gasteiger partial charge on any atom is -0.482 e. The molecule has 0 saturated carbocycles. The lowest BCUT2D eigenvalue weighted by Gasteiger charge is -2.21. The van der Waals surface area contributed by atoms with E-state index in [4.69, 9.17) is 22.1 Å². The van der Waals surface area contributed by atoms with Crippen molar-refractivity contribution in [3.8, 4) is 5.75 Å². The Hall–Kier alpha value is -1.78. The highest BCUT2D eigenvalue weighted by Gasteiger charge is 2.18. The first-order chi connectivity index (χ1) is 10.8. The summed E-state index contributed by atoms with van der Waals surface area (Å²) in [4.78, 5) is 4.12. The third-order valence-electron chi connectivity index (χ3n) is 3.98. The van der Waals surface area contributed by atoms with E-state index in [0.29, 0.717) is 28.6 Å². The fourth-order valence-electron chi connectivity index (χ4n) is 2.53. The molecule has 23 heavy (non-hydrogen) atoms. The number of rotatable bonds is 5. The number of aromatic nitrogens is 1. The zero-order chi connectivity index (χ0) is 17.1. The smallest absolute Gasteiger partial charge is 0.166 e. The predicted octanol–water partition coefficient (Wildman–Crippen LogP) is 4.52. The van der Waals surface area contributed by atoms with Crippen LogP contribution in [-0.2, 0) is 0 Å². The van der Waals surface area contributed by atoms with E-state index in [0.717, 1.165) is 16.7 Å². The lowest BCUT2D eigenvalue weighted by molar-refractivity contribution is 0.171. The lowest BCUT2D eigenvalue weighted by atomic mass is 10.0. The molecule has 0 radical (unpaired) electrons. The van der Waals surface area contributed by atoms with Crippen LogP contribution >= 0.6 is 11.6 Å². The Kier molecular flexibility index (Phi) is 5.50. The molecule has 0 saturated heterocycles. The molecule has 2 rings (SSSR count). The number of pyridine rings is 1. The van der Waals surface area contributed by atoms with Gasteiger partial charge in [-0.2, -0.15) is 0 Å². The summed E-state index contributed by atoms with van der Waals surface area (Å²) < 4.78 is 6.00. The van der Waals surface area contributed by atoms with E-state index in [2.05, 4.69) is 4.98 Å². The van der Waals surface area contributed by atoms with Crippen molar-refractivity contribution in [3.05, 3.63) is 51.7 Å². The molecule has 124 valence electrons. The van der Waals surface area contributed by atoms with Crippen molar-refractivity contribution < 1.29 is 9.84 Å². The summed E-state index contributed by atoms with van der Waals surface area (Å²) in [6.07, 6.45) is 1.32. The van der Waals surface area contributed by atoms with E-state index in [1.807, 2.05) is 39.8 Å². The number of anilines is 1. The quantitative estimate of drug-likeness (QED) is 0.843. The van der Waals surface area contributed by atoms with Crippen molar-refractivity contribution in [2.75, 3.05) is 5.73 Å². The van der Waals surface area contributed by atoms with E-state index in [1.54, 1.807) is 12.3 Å². The van der Waals surface area contributed by atoms with Gasteiger partial charge >= 0.3 is 0 Å². The molecule has 4 nitrogen and oxygen atoms in total. The number of aryl methyl sites for hydroxylation is 2. The summed E-state index contributed by atoms with van der Waals surface area (Å²) in [5, 5.41) is 10.7. The van der Waals surface area contributed by atoms with Gasteiger partial charge in [0.2, 0.25) is 0 Å². The van der Waals surface area contributed by atoms with Gasteiger partial charge in [-0.1, -0.05) is 30.7 Å². The number of hydrogen-bond donors (Lipinski definition) is 2. The monoisotopic (exact) mass is 334 g/mol. The first-order valence-corrected chi connectivity index (χ1v) is 8.08. The number of nitrogen functional groups attached to an aromatic ring is 1. The average Bonchev–Trinajstić information content (AvgIpc) is 2.52. The van der Waals surface area contributed by atoms with Crippen LogP contribution in [0.2, 0.25) is 5.02 Å². The molecule has 2 aromatic rings. The Morgan fingerprint density at radius 1 is 1.30 bits per heavy atom. The molecule has 0 bridgehead atoms. The van der Waals surface area contributed by atoms with E-state index in [9.17, 15) is 5.11 Å². The maximum absolute atomic E-state index is 9.96. The molecule has 0 spiro atoms. The van der Waals surface area contributed by atoms with E-state index >= 15 is 0 Å². The number of benzene rings is 1. The maximum atomic E-state index is 9.96. The minimum absolute atomic E-state index is 0.277. The molecule has 5 heteroatoms. The van der Waals surface area contributed by atoms with Crippen molar-refractivity contribution in [1.82, 2.24) is 4.98 Å². The topological polar surface area (TPSA) is 68.4 Å². The number of halogens is 1. The van der Waals surface area contributed by atoms with Crippen molar-refractivity contribution in [3.63, 3.8) is 0 Å². The van der Waals surface area contributed by atoms with Gasteiger partial charge in [0.05, 0.1) is 11.1 Å². The molecule has 1 aromatic carbocycles. The van der Waals surface area contributed by atoms with Gasteiger partial charge in [-0.05, 0) is 44.4 Å². The molecular weight excluding hydrogens is 312 g/mol. The molecule has 0 amide bonds. The second-order valence-electron chi connectivity index (χ2n) is 5.76. The van der Waals surface area contributed by atoms with Gasteiger partial charge in [0.25, 0.3) is 0 Å². The minimum atomic E-state index is -0.579. The number of ether oxygens (including phenoxy) is 1. The Morgan fingerprint density at radius 2 is 1.96 bits per heavy atom. The second-order valence-corrected chi connectivity index (χ2v) is 6.14. The Morgan fingerprint density at radius 3 is 2.61 bits per heavy atom. The third-order valence-corrected chi connectivity index (χ3v) is 4.48. The van der Waals surface area contributed by atoms with Gasteiger partial charge in [-0.15, -0.1) is 0 Å². The summed E-state index contributed by atoms with van der Waals surface area (Å²) in [7, 11) is 0. The van der Waals surface area contributed by atoms with Crippen molar-refractivity contribution in [2.45, 2.75) is 46.3 Å². The molecule has 2 unspecified atom stereocenters. The van der Waals surface area contributed by atoms with Gasteiger partial charge in [0.1, 0.15) is 6.10 Å². The number of aliphatic hydroxyl groups excluding tert-OH is 1. The van der Waals surface area contributed by atoms with Crippen LogP contribution in [-0.4, -0.2) is 10.1 Å². The van der Waals surface area contributed by atoms with Crippen LogP contribution in [0, 0.1) is 13.8 Å². The largest absolute Gasteiger partial charge is 0.482 e. The standard InChI is InChI=1S/C18H23ClN2O2/c1-5-14(22)13-8-15(18(20)21-9-13)23-12(4)16-10(2)6-7-11(3)17(16)19/h6-9,12,14,22H,5H2,1-4H3,(H2,20,21). The van der Waals surface area contributed by atoms with Gasteiger partial charge in [0, 0.05) is 17.3 Å². The molecule has 0 aliphatic heterocycles. The van der Waals surface area contributed by atoms with Crippen molar-refractivity contribution in [2.24, 2.45) is 0 Å². The summed E-state index contributed by atoms with van der Waals surface area (Å²) >= 11 is 6.44.